The molecule has 2 heterocycles. The van der Waals surface area contributed by atoms with Crippen LogP contribution in [0.5, 0.6) is 0 Å². The third-order valence-corrected chi connectivity index (χ3v) is 7.91. The van der Waals surface area contributed by atoms with Crippen molar-refractivity contribution in [2.24, 2.45) is 11.8 Å². The zero-order valence-electron chi connectivity index (χ0n) is 20.9. The molecule has 1 aliphatic rings. The molecule has 1 fully saturated rings. The van der Waals surface area contributed by atoms with Crippen LogP contribution in [0.25, 0.3) is 11.4 Å². The molecule has 4 rings (SSSR count). The van der Waals surface area contributed by atoms with Crippen molar-refractivity contribution in [1.29, 1.82) is 0 Å². The predicted octanol–water partition coefficient (Wildman–Crippen LogP) is 3.93. The number of halogens is 1. The fourth-order valence-corrected chi connectivity index (χ4v) is 5.46. The van der Waals surface area contributed by atoms with Crippen LogP contribution in [0.3, 0.4) is 0 Å². The molecular weight excluding hydrogens is 495 g/mol. The molecule has 0 unspecified atom stereocenters. The summed E-state index contributed by atoms with van der Waals surface area (Å²) in [6, 6.07) is 12.5. The maximum atomic E-state index is 13.1. The zero-order chi connectivity index (χ0) is 26.1. The third-order valence-electron chi connectivity index (χ3n) is 6.47. The average molecular weight is 529 g/mol. The van der Waals surface area contributed by atoms with Gasteiger partial charge in [-0.2, -0.15) is 4.98 Å². The Kier molecular flexibility index (Phi) is 9.37. The number of benzene rings is 1. The minimum atomic E-state index is -3.64. The van der Waals surface area contributed by atoms with E-state index in [1.54, 1.807) is 13.3 Å². The molecule has 0 amide bonds. The first-order chi connectivity index (χ1) is 17.9. The van der Waals surface area contributed by atoms with Gasteiger partial charge in [0.1, 0.15) is 11.6 Å². The molecule has 3 aromatic rings. The van der Waals surface area contributed by atoms with Gasteiger partial charge in [-0.15, -0.1) is 0 Å². The number of rotatable bonds is 12. The summed E-state index contributed by atoms with van der Waals surface area (Å²) >= 11 is 0. The lowest BCUT2D eigenvalue weighted by atomic mass is 9.82. The minimum Gasteiger partial charge on any atom is -0.383 e. The molecule has 0 atom stereocenters. The van der Waals surface area contributed by atoms with E-state index in [4.69, 9.17) is 4.74 Å². The Morgan fingerprint density at radius 1 is 0.946 bits per heavy atom. The summed E-state index contributed by atoms with van der Waals surface area (Å²) in [7, 11) is -1.98. The number of aromatic nitrogens is 3. The first kappa shape index (κ1) is 26.9. The van der Waals surface area contributed by atoms with Gasteiger partial charge in [0, 0.05) is 39.0 Å². The Labute approximate surface area is 217 Å². The van der Waals surface area contributed by atoms with Crippen molar-refractivity contribution in [2.45, 2.75) is 30.6 Å². The Hall–Kier alpha value is -3.15. The highest BCUT2D eigenvalue weighted by molar-refractivity contribution is 7.89. The van der Waals surface area contributed by atoms with E-state index >= 15 is 0 Å². The molecule has 1 saturated carbocycles. The van der Waals surface area contributed by atoms with Gasteiger partial charge in [0.15, 0.2) is 0 Å². The van der Waals surface area contributed by atoms with Crippen LogP contribution < -0.4 is 15.4 Å². The standard InChI is InChI=1S/C26H33FN6O3S/c1-36-15-14-29-25-16-24(23-4-2-3-13-28-23)32-26(33-25)30-17-19-5-7-20(8-6-19)18-31-37(34,35)22-11-9-21(27)10-12-22/h2-4,9-13,16,19-20,31H,5-8,14-15,17-18H2,1H3,(H2,29,30,32,33). The fourth-order valence-electron chi connectivity index (χ4n) is 4.34. The molecule has 37 heavy (non-hydrogen) atoms. The number of hydrogen-bond acceptors (Lipinski definition) is 8. The largest absolute Gasteiger partial charge is 0.383 e. The Bertz CT molecular complexity index is 1240. The van der Waals surface area contributed by atoms with Crippen LogP contribution in [0.15, 0.2) is 59.6 Å². The van der Waals surface area contributed by atoms with Gasteiger partial charge in [-0.1, -0.05) is 6.07 Å². The SMILES string of the molecule is COCCNc1cc(-c2ccccn2)nc(NCC2CCC(CNS(=O)(=O)c3ccc(F)cc3)CC2)n1. The van der Waals surface area contributed by atoms with Gasteiger partial charge in [0.05, 0.1) is 22.9 Å². The van der Waals surface area contributed by atoms with E-state index in [2.05, 4.69) is 30.3 Å². The molecule has 0 radical (unpaired) electrons. The van der Waals surface area contributed by atoms with Gasteiger partial charge < -0.3 is 15.4 Å². The average Bonchev–Trinajstić information content (AvgIpc) is 2.92. The lowest BCUT2D eigenvalue weighted by Crippen LogP contribution is -2.32. The van der Waals surface area contributed by atoms with Crippen LogP contribution in [-0.4, -0.2) is 56.7 Å². The number of nitrogens with zero attached hydrogens (tertiary/aromatic N) is 3. The second-order valence-corrected chi connectivity index (χ2v) is 10.9. The van der Waals surface area contributed by atoms with Crippen LogP contribution >= 0.6 is 0 Å². The summed E-state index contributed by atoms with van der Waals surface area (Å²) in [5.74, 6) is 1.49. The summed E-state index contributed by atoms with van der Waals surface area (Å²) in [5.41, 5.74) is 1.50. The van der Waals surface area contributed by atoms with Crippen LogP contribution in [0, 0.1) is 17.7 Å². The lowest BCUT2D eigenvalue weighted by Gasteiger charge is -2.28. The third kappa shape index (κ3) is 7.91. The molecule has 9 nitrogen and oxygen atoms in total. The van der Waals surface area contributed by atoms with Gasteiger partial charge in [-0.3, -0.25) is 4.98 Å². The van der Waals surface area contributed by atoms with Crippen LogP contribution in [0.1, 0.15) is 25.7 Å². The number of sulfonamides is 1. The van der Waals surface area contributed by atoms with Gasteiger partial charge in [0.2, 0.25) is 16.0 Å². The van der Waals surface area contributed by atoms with E-state index in [1.807, 2.05) is 24.3 Å². The van der Waals surface area contributed by atoms with E-state index in [9.17, 15) is 12.8 Å². The first-order valence-corrected chi connectivity index (χ1v) is 13.9. The fraction of sp³-hybridized carbons (Fsp3) is 0.423. The van der Waals surface area contributed by atoms with E-state index < -0.39 is 15.8 Å². The molecule has 0 bridgehead atoms. The second-order valence-electron chi connectivity index (χ2n) is 9.17. The van der Waals surface area contributed by atoms with Crippen molar-refractivity contribution in [3.63, 3.8) is 0 Å². The number of anilines is 2. The summed E-state index contributed by atoms with van der Waals surface area (Å²) in [5, 5.41) is 6.65. The van der Waals surface area contributed by atoms with Gasteiger partial charge in [-0.25, -0.2) is 22.5 Å². The smallest absolute Gasteiger partial charge is 0.240 e. The van der Waals surface area contributed by atoms with Crippen molar-refractivity contribution >= 4 is 21.8 Å². The monoisotopic (exact) mass is 528 g/mol. The molecule has 2 aromatic heterocycles. The van der Waals surface area contributed by atoms with Crippen molar-refractivity contribution in [1.82, 2.24) is 19.7 Å². The number of methoxy groups -OCH3 is 1. The second kappa shape index (κ2) is 12.9. The lowest BCUT2D eigenvalue weighted by molar-refractivity contribution is 0.210. The Balaban J connectivity index is 1.29. The number of hydrogen-bond donors (Lipinski definition) is 3. The van der Waals surface area contributed by atoms with Gasteiger partial charge in [-0.05, 0) is 73.9 Å². The summed E-state index contributed by atoms with van der Waals surface area (Å²) < 4.78 is 45.9. The van der Waals surface area contributed by atoms with Crippen LogP contribution in [-0.2, 0) is 14.8 Å². The molecule has 1 aromatic carbocycles. The molecule has 198 valence electrons. The number of ether oxygens (including phenoxy) is 1. The Morgan fingerprint density at radius 2 is 1.68 bits per heavy atom. The summed E-state index contributed by atoms with van der Waals surface area (Å²) in [6.45, 7) is 2.31. The highest BCUT2D eigenvalue weighted by Gasteiger charge is 2.23. The topological polar surface area (TPSA) is 118 Å². The summed E-state index contributed by atoms with van der Waals surface area (Å²) in [6.07, 6.45) is 5.55. The molecule has 0 saturated heterocycles. The predicted molar refractivity (Wildman–Crippen MR) is 141 cm³/mol. The molecule has 1 aliphatic carbocycles. The van der Waals surface area contributed by atoms with Gasteiger partial charge in [0.25, 0.3) is 0 Å². The van der Waals surface area contributed by atoms with E-state index in [1.165, 1.54) is 12.1 Å². The number of nitrogens with one attached hydrogen (secondary N) is 3. The van der Waals surface area contributed by atoms with E-state index in [0.717, 1.165) is 55.7 Å². The van der Waals surface area contributed by atoms with Crippen molar-refractivity contribution in [2.75, 3.05) is 44.0 Å². The number of pyridine rings is 1. The molecule has 0 aliphatic heterocycles. The van der Waals surface area contributed by atoms with Crippen molar-refractivity contribution in [3.05, 3.63) is 60.5 Å². The maximum absolute atomic E-state index is 13.1. The van der Waals surface area contributed by atoms with Crippen LogP contribution in [0.2, 0.25) is 0 Å². The normalized spacial score (nSPS) is 17.9. The van der Waals surface area contributed by atoms with Gasteiger partial charge >= 0.3 is 0 Å². The highest BCUT2D eigenvalue weighted by atomic mass is 32.2. The molecule has 3 N–H and O–H groups in total. The quantitative estimate of drug-likeness (QED) is 0.303. The molecular formula is C26H33FN6O3S. The highest BCUT2D eigenvalue weighted by Crippen LogP contribution is 2.29. The first-order valence-electron chi connectivity index (χ1n) is 12.5. The van der Waals surface area contributed by atoms with E-state index in [-0.39, 0.29) is 10.8 Å². The Morgan fingerprint density at radius 3 is 2.35 bits per heavy atom. The van der Waals surface area contributed by atoms with Crippen LogP contribution in [0.4, 0.5) is 16.2 Å². The van der Waals surface area contributed by atoms with Crippen molar-refractivity contribution < 1.29 is 17.5 Å². The van der Waals surface area contributed by atoms with E-state index in [0.29, 0.717) is 37.4 Å². The molecule has 0 spiro atoms. The minimum absolute atomic E-state index is 0.0794. The maximum Gasteiger partial charge on any atom is 0.240 e. The zero-order valence-corrected chi connectivity index (χ0v) is 21.7. The summed E-state index contributed by atoms with van der Waals surface area (Å²) in [4.78, 5) is 13.8. The molecule has 11 heteroatoms. The van der Waals surface area contributed by atoms with Crippen molar-refractivity contribution in [3.8, 4) is 11.4 Å².